The van der Waals surface area contributed by atoms with Crippen LogP contribution in [0.1, 0.15) is 16.8 Å². The molecule has 0 saturated heterocycles. The van der Waals surface area contributed by atoms with Crippen molar-refractivity contribution >= 4 is 21.7 Å². The van der Waals surface area contributed by atoms with Crippen molar-refractivity contribution in [3.63, 3.8) is 0 Å². The first-order chi connectivity index (χ1) is 6.25. The van der Waals surface area contributed by atoms with E-state index in [0.29, 0.717) is 6.42 Å². The summed E-state index contributed by atoms with van der Waals surface area (Å²) in [5.41, 5.74) is 0.762. The Labute approximate surface area is 86.5 Å². The van der Waals surface area contributed by atoms with E-state index in [1.54, 1.807) is 0 Å². The lowest BCUT2D eigenvalue weighted by Gasteiger charge is -2.02. The summed E-state index contributed by atoms with van der Waals surface area (Å²) in [6.07, 6.45) is 0.541. The highest BCUT2D eigenvalue weighted by molar-refractivity contribution is 9.10. The number of Topliss-reactive ketones (excluding diaryl/α,β-unsaturated/α-hetero) is 1. The molecule has 1 aromatic rings. The van der Waals surface area contributed by atoms with Gasteiger partial charge in [-0.15, -0.1) is 0 Å². The van der Waals surface area contributed by atoms with Crippen LogP contribution in [0.3, 0.4) is 0 Å². The van der Waals surface area contributed by atoms with Crippen LogP contribution in [0.15, 0.2) is 28.7 Å². The Morgan fingerprint density at radius 1 is 1.46 bits per heavy atom. The smallest absolute Gasteiger partial charge is 0.165 e. The van der Waals surface area contributed by atoms with Gasteiger partial charge in [-0.25, -0.2) is 0 Å². The minimum atomic E-state index is 0.168. The van der Waals surface area contributed by atoms with Gasteiger partial charge in [0.15, 0.2) is 5.78 Å². The maximum absolute atomic E-state index is 11.6. The van der Waals surface area contributed by atoms with Crippen molar-refractivity contribution in [1.82, 2.24) is 5.32 Å². The predicted molar refractivity (Wildman–Crippen MR) is 57.0 cm³/mol. The Balaban J connectivity index is 2.71. The van der Waals surface area contributed by atoms with Crippen molar-refractivity contribution in [1.29, 1.82) is 0 Å². The third-order valence-corrected chi connectivity index (χ3v) is 2.47. The van der Waals surface area contributed by atoms with E-state index in [1.165, 1.54) is 0 Å². The molecule has 0 fully saturated rings. The van der Waals surface area contributed by atoms with Gasteiger partial charge in [0.05, 0.1) is 0 Å². The molecule has 1 N–H and O–H groups in total. The zero-order valence-corrected chi connectivity index (χ0v) is 9.10. The zero-order chi connectivity index (χ0) is 9.68. The van der Waals surface area contributed by atoms with Gasteiger partial charge in [-0.05, 0) is 13.1 Å². The second-order valence-electron chi connectivity index (χ2n) is 2.76. The number of carbonyl (C=O) groups is 1. The maximum atomic E-state index is 11.6. The molecular weight excluding hydrogens is 230 g/mol. The fraction of sp³-hybridized carbons (Fsp3) is 0.300. The predicted octanol–water partition coefficient (Wildman–Crippen LogP) is 2.24. The van der Waals surface area contributed by atoms with Gasteiger partial charge in [0, 0.05) is 23.0 Å². The number of hydrogen-bond acceptors (Lipinski definition) is 2. The summed E-state index contributed by atoms with van der Waals surface area (Å²) in [6.45, 7) is 0.722. The third-order valence-electron chi connectivity index (χ3n) is 1.78. The molecule has 70 valence electrons. The summed E-state index contributed by atoms with van der Waals surface area (Å²) in [5.74, 6) is 0.168. The number of rotatable bonds is 4. The number of hydrogen-bond donors (Lipinski definition) is 1. The Bertz CT molecular complexity index is 299. The molecular formula is C10H12BrNO. The van der Waals surface area contributed by atoms with Crippen LogP contribution < -0.4 is 5.32 Å². The number of carbonyl (C=O) groups excluding carboxylic acids is 1. The SMILES string of the molecule is CNCCC(=O)c1ccccc1Br. The van der Waals surface area contributed by atoms with Crippen LogP contribution in [-0.2, 0) is 0 Å². The quantitative estimate of drug-likeness (QED) is 0.820. The van der Waals surface area contributed by atoms with Gasteiger partial charge >= 0.3 is 0 Å². The van der Waals surface area contributed by atoms with Crippen LogP contribution in [0.4, 0.5) is 0 Å². The third kappa shape index (κ3) is 2.94. The van der Waals surface area contributed by atoms with Crippen molar-refractivity contribution < 1.29 is 4.79 Å². The van der Waals surface area contributed by atoms with Gasteiger partial charge in [-0.1, -0.05) is 34.1 Å². The van der Waals surface area contributed by atoms with Gasteiger partial charge in [-0.3, -0.25) is 4.79 Å². The normalized spacial score (nSPS) is 10.0. The van der Waals surface area contributed by atoms with E-state index in [0.717, 1.165) is 16.6 Å². The largest absolute Gasteiger partial charge is 0.319 e. The first kappa shape index (κ1) is 10.4. The van der Waals surface area contributed by atoms with Crippen molar-refractivity contribution in [2.75, 3.05) is 13.6 Å². The van der Waals surface area contributed by atoms with Gasteiger partial charge in [-0.2, -0.15) is 0 Å². The van der Waals surface area contributed by atoms with E-state index in [1.807, 2.05) is 31.3 Å². The second kappa shape index (κ2) is 5.14. The Kier molecular flexibility index (Phi) is 4.12. The molecule has 1 aromatic carbocycles. The first-order valence-corrected chi connectivity index (χ1v) is 4.97. The Hall–Kier alpha value is -0.670. The molecule has 13 heavy (non-hydrogen) atoms. The van der Waals surface area contributed by atoms with Crippen molar-refractivity contribution in [2.24, 2.45) is 0 Å². The molecule has 1 rings (SSSR count). The van der Waals surface area contributed by atoms with Gasteiger partial charge < -0.3 is 5.32 Å². The van der Waals surface area contributed by atoms with Crippen molar-refractivity contribution in [2.45, 2.75) is 6.42 Å². The molecule has 3 heteroatoms. The standard InChI is InChI=1S/C10H12BrNO/c1-12-7-6-10(13)8-4-2-3-5-9(8)11/h2-5,12H,6-7H2,1H3. The van der Waals surface area contributed by atoms with E-state index in [4.69, 9.17) is 0 Å². The number of ketones is 1. The highest BCUT2D eigenvalue weighted by Crippen LogP contribution is 2.17. The monoisotopic (exact) mass is 241 g/mol. The molecule has 0 aliphatic heterocycles. The average molecular weight is 242 g/mol. The molecule has 2 nitrogen and oxygen atoms in total. The average Bonchev–Trinajstić information content (AvgIpc) is 2.15. The van der Waals surface area contributed by atoms with Gasteiger partial charge in [0.1, 0.15) is 0 Å². The highest BCUT2D eigenvalue weighted by atomic mass is 79.9. The highest BCUT2D eigenvalue weighted by Gasteiger charge is 2.07. The topological polar surface area (TPSA) is 29.1 Å². The molecule has 0 aliphatic carbocycles. The summed E-state index contributed by atoms with van der Waals surface area (Å²) in [4.78, 5) is 11.6. The minimum Gasteiger partial charge on any atom is -0.319 e. The summed E-state index contributed by atoms with van der Waals surface area (Å²) < 4.78 is 0.871. The molecule has 0 bridgehead atoms. The zero-order valence-electron chi connectivity index (χ0n) is 7.51. The minimum absolute atomic E-state index is 0.168. The fourth-order valence-electron chi connectivity index (χ4n) is 1.06. The molecule has 0 aromatic heterocycles. The molecule has 0 unspecified atom stereocenters. The van der Waals surface area contributed by atoms with Crippen LogP contribution in [0, 0.1) is 0 Å². The summed E-state index contributed by atoms with van der Waals surface area (Å²) in [6, 6.07) is 7.49. The summed E-state index contributed by atoms with van der Waals surface area (Å²) in [5, 5.41) is 2.95. The van der Waals surface area contributed by atoms with E-state index in [2.05, 4.69) is 21.2 Å². The second-order valence-corrected chi connectivity index (χ2v) is 3.61. The molecule has 0 aliphatic rings. The lowest BCUT2D eigenvalue weighted by Crippen LogP contribution is -2.13. The number of benzene rings is 1. The Morgan fingerprint density at radius 3 is 2.77 bits per heavy atom. The number of nitrogens with one attached hydrogen (secondary N) is 1. The van der Waals surface area contributed by atoms with Crippen LogP contribution in [0.5, 0.6) is 0 Å². The molecule has 0 amide bonds. The molecule has 0 spiro atoms. The molecule has 0 saturated carbocycles. The van der Waals surface area contributed by atoms with Crippen molar-refractivity contribution in [3.05, 3.63) is 34.3 Å². The molecule has 0 atom stereocenters. The number of halogens is 1. The molecule has 0 heterocycles. The van der Waals surface area contributed by atoms with Crippen LogP contribution >= 0.6 is 15.9 Å². The van der Waals surface area contributed by atoms with Crippen LogP contribution in [0.2, 0.25) is 0 Å². The fourth-order valence-corrected chi connectivity index (χ4v) is 1.57. The van der Waals surface area contributed by atoms with E-state index in [9.17, 15) is 4.79 Å². The lowest BCUT2D eigenvalue weighted by molar-refractivity contribution is 0.0982. The first-order valence-electron chi connectivity index (χ1n) is 4.18. The lowest BCUT2D eigenvalue weighted by atomic mass is 10.1. The summed E-state index contributed by atoms with van der Waals surface area (Å²) in [7, 11) is 1.84. The van der Waals surface area contributed by atoms with Crippen LogP contribution in [0.25, 0.3) is 0 Å². The Morgan fingerprint density at radius 2 is 2.15 bits per heavy atom. The summed E-state index contributed by atoms with van der Waals surface area (Å²) >= 11 is 3.35. The van der Waals surface area contributed by atoms with E-state index in [-0.39, 0.29) is 5.78 Å². The maximum Gasteiger partial charge on any atom is 0.165 e. The van der Waals surface area contributed by atoms with E-state index < -0.39 is 0 Å². The van der Waals surface area contributed by atoms with E-state index >= 15 is 0 Å². The van der Waals surface area contributed by atoms with Gasteiger partial charge in [0.2, 0.25) is 0 Å². The molecule has 0 radical (unpaired) electrons. The van der Waals surface area contributed by atoms with Gasteiger partial charge in [0.25, 0.3) is 0 Å². The van der Waals surface area contributed by atoms with Crippen LogP contribution in [-0.4, -0.2) is 19.4 Å². The van der Waals surface area contributed by atoms with Crippen molar-refractivity contribution in [3.8, 4) is 0 Å².